The Morgan fingerprint density at radius 3 is 2.59 bits per heavy atom. The van der Waals surface area contributed by atoms with E-state index in [-0.39, 0.29) is 35.9 Å². The molecule has 9 heteroatoms. The highest BCUT2D eigenvalue weighted by molar-refractivity contribution is 14.0. The molecule has 2 aliphatic heterocycles. The molecule has 0 radical (unpaired) electrons. The van der Waals surface area contributed by atoms with Crippen LogP contribution in [0.3, 0.4) is 0 Å². The van der Waals surface area contributed by atoms with Gasteiger partial charge in [-0.3, -0.25) is 9.79 Å². The van der Waals surface area contributed by atoms with E-state index < -0.39 is 0 Å². The molecule has 2 fully saturated rings. The van der Waals surface area contributed by atoms with E-state index in [1.165, 1.54) is 0 Å². The number of nitrogens with one attached hydrogen (secondary N) is 2. The molecule has 0 saturated carbocycles. The molecular formula is C23H32IN7O. The monoisotopic (exact) mass is 549 g/mol. The third-order valence-electron chi connectivity index (χ3n) is 5.87. The summed E-state index contributed by atoms with van der Waals surface area (Å²) in [6.45, 7) is 5.29. The number of nitrogens with zero attached hydrogens (tertiary/aromatic N) is 5. The van der Waals surface area contributed by atoms with Crippen molar-refractivity contribution in [3.63, 3.8) is 0 Å². The van der Waals surface area contributed by atoms with Crippen LogP contribution in [0.25, 0.3) is 0 Å². The fraction of sp³-hybridized carbons (Fsp3) is 0.435. The third-order valence-corrected chi connectivity index (χ3v) is 5.87. The molecule has 0 bridgehead atoms. The molecule has 1 aromatic heterocycles. The zero-order valence-electron chi connectivity index (χ0n) is 18.7. The van der Waals surface area contributed by atoms with Crippen molar-refractivity contribution in [1.29, 1.82) is 0 Å². The molecule has 4 rings (SSSR count). The van der Waals surface area contributed by atoms with Crippen molar-refractivity contribution in [2.24, 2.45) is 4.99 Å². The first kappa shape index (κ1) is 24.2. The Kier molecular flexibility index (Phi) is 8.68. The highest BCUT2D eigenvalue weighted by Crippen LogP contribution is 2.21. The Hall–Kier alpha value is -2.40. The van der Waals surface area contributed by atoms with E-state index in [9.17, 15) is 4.79 Å². The Morgan fingerprint density at radius 2 is 1.88 bits per heavy atom. The zero-order valence-corrected chi connectivity index (χ0v) is 21.0. The summed E-state index contributed by atoms with van der Waals surface area (Å²) in [5, 5.41) is 6.81. The van der Waals surface area contributed by atoms with Gasteiger partial charge in [0.25, 0.3) is 0 Å². The molecule has 1 unspecified atom stereocenters. The first-order valence-electron chi connectivity index (χ1n) is 10.8. The topological polar surface area (TPSA) is 76.1 Å². The largest absolute Gasteiger partial charge is 0.354 e. The number of carbonyl (C=O) groups is 1. The molecule has 1 amide bonds. The molecular weight excluding hydrogens is 517 g/mol. The highest BCUT2D eigenvalue weighted by atomic mass is 127. The van der Waals surface area contributed by atoms with Gasteiger partial charge in [-0.25, -0.2) is 4.98 Å². The number of anilines is 2. The predicted molar refractivity (Wildman–Crippen MR) is 140 cm³/mol. The number of hydrogen-bond acceptors (Lipinski definition) is 5. The quantitative estimate of drug-likeness (QED) is 0.338. The van der Waals surface area contributed by atoms with Crippen LogP contribution in [-0.2, 0) is 11.3 Å². The summed E-state index contributed by atoms with van der Waals surface area (Å²) >= 11 is 0. The molecule has 172 valence electrons. The van der Waals surface area contributed by atoms with Crippen molar-refractivity contribution < 1.29 is 4.79 Å². The number of halogens is 1. The van der Waals surface area contributed by atoms with Crippen LogP contribution >= 0.6 is 24.0 Å². The van der Waals surface area contributed by atoms with Crippen LogP contribution in [0.5, 0.6) is 0 Å². The summed E-state index contributed by atoms with van der Waals surface area (Å²) in [5.74, 6) is 1.86. The number of guanidine groups is 1. The number of amides is 1. The van der Waals surface area contributed by atoms with Gasteiger partial charge in [-0.15, -0.1) is 24.0 Å². The fourth-order valence-electron chi connectivity index (χ4n) is 4.10. The van der Waals surface area contributed by atoms with Crippen molar-refractivity contribution in [2.45, 2.75) is 19.0 Å². The molecule has 3 heterocycles. The maximum atomic E-state index is 12.5. The lowest BCUT2D eigenvalue weighted by molar-refractivity contribution is -0.117. The summed E-state index contributed by atoms with van der Waals surface area (Å²) < 4.78 is 0. The van der Waals surface area contributed by atoms with Gasteiger partial charge in [0, 0.05) is 70.2 Å². The van der Waals surface area contributed by atoms with Crippen LogP contribution in [0.1, 0.15) is 12.0 Å². The number of carbonyl (C=O) groups excluding carboxylic acids is 1. The molecule has 32 heavy (non-hydrogen) atoms. The van der Waals surface area contributed by atoms with Crippen LogP contribution in [0.15, 0.2) is 53.7 Å². The molecule has 0 spiro atoms. The second-order valence-corrected chi connectivity index (χ2v) is 8.09. The summed E-state index contributed by atoms with van der Waals surface area (Å²) in [6.07, 6.45) is 2.31. The number of rotatable bonds is 5. The lowest BCUT2D eigenvalue weighted by Crippen LogP contribution is -2.46. The molecule has 1 atom stereocenters. The van der Waals surface area contributed by atoms with Crippen molar-refractivity contribution in [3.8, 4) is 0 Å². The molecule has 2 N–H and O–H groups in total. The summed E-state index contributed by atoms with van der Waals surface area (Å²) in [5.41, 5.74) is 2.08. The Balaban J connectivity index is 0.00000289. The van der Waals surface area contributed by atoms with Gasteiger partial charge in [0.1, 0.15) is 5.82 Å². The molecule has 8 nitrogen and oxygen atoms in total. The van der Waals surface area contributed by atoms with E-state index in [1.807, 2.05) is 47.5 Å². The molecule has 1 aromatic carbocycles. The van der Waals surface area contributed by atoms with Crippen LogP contribution in [0, 0.1) is 0 Å². The Labute approximate surface area is 207 Å². The van der Waals surface area contributed by atoms with E-state index in [4.69, 9.17) is 0 Å². The van der Waals surface area contributed by atoms with E-state index in [2.05, 4.69) is 43.5 Å². The van der Waals surface area contributed by atoms with Crippen LogP contribution < -0.4 is 20.4 Å². The number of piperazine rings is 1. The number of aromatic nitrogens is 1. The van der Waals surface area contributed by atoms with Gasteiger partial charge >= 0.3 is 0 Å². The van der Waals surface area contributed by atoms with Crippen molar-refractivity contribution in [3.05, 3.63) is 54.2 Å². The minimum Gasteiger partial charge on any atom is -0.354 e. The lowest BCUT2D eigenvalue weighted by Gasteiger charge is -2.34. The van der Waals surface area contributed by atoms with Gasteiger partial charge in [-0.2, -0.15) is 0 Å². The first-order valence-corrected chi connectivity index (χ1v) is 10.8. The minimum atomic E-state index is 0. The smallest absolute Gasteiger partial charge is 0.229 e. The standard InChI is InChI=1S/C23H31N7O.HI/c1-24-23(27-19-15-21(31)30(17-19)20-8-4-3-5-9-20)26-16-18-7-6-10-25-22(18)29-13-11-28(2)12-14-29;/h3-10,19H,11-17H2,1-2H3,(H2,24,26,27);1H. The number of para-hydroxylation sites is 1. The van der Waals surface area contributed by atoms with Gasteiger partial charge in [0.15, 0.2) is 5.96 Å². The van der Waals surface area contributed by atoms with Crippen molar-refractivity contribution in [1.82, 2.24) is 20.5 Å². The second kappa shape index (κ2) is 11.5. The molecule has 2 saturated heterocycles. The lowest BCUT2D eigenvalue weighted by atomic mass is 10.2. The number of benzene rings is 1. The highest BCUT2D eigenvalue weighted by Gasteiger charge is 2.31. The van der Waals surface area contributed by atoms with Crippen LogP contribution in [0.4, 0.5) is 11.5 Å². The van der Waals surface area contributed by atoms with Crippen LogP contribution in [0.2, 0.25) is 0 Å². The van der Waals surface area contributed by atoms with E-state index in [1.54, 1.807) is 7.05 Å². The van der Waals surface area contributed by atoms with Gasteiger partial charge in [-0.05, 0) is 25.2 Å². The van der Waals surface area contributed by atoms with Gasteiger partial charge < -0.3 is 25.3 Å². The number of pyridine rings is 1. The number of aliphatic imine (C=N–C) groups is 1. The second-order valence-electron chi connectivity index (χ2n) is 8.09. The summed E-state index contributed by atoms with van der Waals surface area (Å²) in [4.78, 5) is 28.0. The Morgan fingerprint density at radius 1 is 1.12 bits per heavy atom. The fourth-order valence-corrected chi connectivity index (χ4v) is 4.10. The third kappa shape index (κ3) is 5.89. The molecule has 2 aliphatic rings. The first-order chi connectivity index (χ1) is 15.1. The SMILES string of the molecule is CN=C(NCc1cccnc1N1CCN(C)CC1)NC1CC(=O)N(c2ccccc2)C1.I. The maximum Gasteiger partial charge on any atom is 0.229 e. The van der Waals surface area contributed by atoms with E-state index >= 15 is 0 Å². The molecule has 2 aromatic rings. The van der Waals surface area contributed by atoms with Crippen molar-refractivity contribution >= 4 is 47.3 Å². The van der Waals surface area contributed by atoms with Crippen molar-refractivity contribution in [2.75, 3.05) is 56.6 Å². The summed E-state index contributed by atoms with van der Waals surface area (Å²) in [7, 11) is 3.91. The van der Waals surface area contributed by atoms with Crippen LogP contribution in [-0.4, -0.2) is 74.6 Å². The number of hydrogen-bond donors (Lipinski definition) is 2. The average Bonchev–Trinajstić information content (AvgIpc) is 3.18. The van der Waals surface area contributed by atoms with E-state index in [0.29, 0.717) is 25.5 Å². The predicted octanol–water partition coefficient (Wildman–Crippen LogP) is 1.92. The normalized spacial score (nSPS) is 19.6. The minimum absolute atomic E-state index is 0. The van der Waals surface area contributed by atoms with Gasteiger partial charge in [0.2, 0.25) is 5.91 Å². The summed E-state index contributed by atoms with van der Waals surface area (Å²) in [6, 6.07) is 13.9. The number of likely N-dealkylation sites (N-methyl/N-ethyl adjacent to an activating group) is 1. The zero-order chi connectivity index (χ0) is 21.6. The van der Waals surface area contributed by atoms with Gasteiger partial charge in [0.05, 0.1) is 6.04 Å². The Bertz CT molecular complexity index is 916. The van der Waals surface area contributed by atoms with Gasteiger partial charge in [-0.1, -0.05) is 24.3 Å². The maximum absolute atomic E-state index is 12.5. The molecule has 0 aliphatic carbocycles. The van der Waals surface area contributed by atoms with E-state index in [0.717, 1.165) is 43.2 Å². The average molecular weight is 549 g/mol.